The minimum absolute atomic E-state index is 0.0738. The van der Waals surface area contributed by atoms with Crippen LogP contribution in [-0.2, 0) is 19.1 Å². The van der Waals surface area contributed by atoms with Crippen molar-refractivity contribution in [2.75, 3.05) is 54.6 Å². The van der Waals surface area contributed by atoms with Crippen molar-refractivity contribution in [3.05, 3.63) is 12.2 Å². The quantitative estimate of drug-likeness (QED) is 0.418. The molecule has 0 rings (SSSR count). The Morgan fingerprint density at radius 3 is 1.88 bits per heavy atom. The number of carboxylic acids is 1. The lowest BCUT2D eigenvalue weighted by molar-refractivity contribution is -0.137. The Morgan fingerprint density at radius 1 is 1.00 bits per heavy atom. The molecule has 146 valence electrons. The van der Waals surface area contributed by atoms with Gasteiger partial charge in [0.05, 0.1) is 13.2 Å². The number of unbranched alkanes of at least 4 members (excludes halogenated alkanes) is 1. The number of nitrogens with zero attached hydrogens (tertiary/aromatic N) is 2. The molecule has 0 saturated carbocycles. The van der Waals surface area contributed by atoms with Crippen LogP contribution in [-0.4, -0.2) is 92.6 Å². The predicted molar refractivity (Wildman–Crippen MR) is 92.7 cm³/mol. The maximum atomic E-state index is 11.0. The maximum Gasteiger partial charge on any atom is 0.407 e. The predicted octanol–water partition coefficient (Wildman–Crippen LogP) is 1.14. The number of allylic oxidation sites excluding steroid dienone is 1. The van der Waals surface area contributed by atoms with Crippen molar-refractivity contribution >= 4 is 18.0 Å². The molecule has 9 heteroatoms. The number of methoxy groups -OCH3 is 2. The molecule has 2 amide bonds. The topological polar surface area (TPSA) is 117 Å². The fourth-order valence-corrected chi connectivity index (χ4v) is 1.41. The van der Waals surface area contributed by atoms with E-state index in [1.165, 1.54) is 30.1 Å². The van der Waals surface area contributed by atoms with Gasteiger partial charge in [0.25, 0.3) is 0 Å². The molecule has 9 nitrogen and oxygen atoms in total. The summed E-state index contributed by atoms with van der Waals surface area (Å²) in [6, 6.07) is 0. The molecule has 0 aromatic rings. The van der Waals surface area contributed by atoms with Crippen LogP contribution in [0.25, 0.3) is 0 Å². The van der Waals surface area contributed by atoms with E-state index < -0.39 is 12.1 Å². The Hall–Kier alpha value is -2.13. The fourth-order valence-electron chi connectivity index (χ4n) is 1.41. The van der Waals surface area contributed by atoms with Gasteiger partial charge in [0.2, 0.25) is 5.91 Å². The number of rotatable bonds is 11. The number of hydrogen-bond acceptors (Lipinski definition) is 5. The number of carbonyl (C=O) groups excluding carboxylic acids is 1. The number of carboxylic acid groups (broad SMARTS) is 2. The van der Waals surface area contributed by atoms with E-state index in [0.717, 1.165) is 0 Å². The molecule has 0 saturated heterocycles. The molecule has 0 fully saturated rings. The monoisotopic (exact) mass is 362 g/mol. The Labute approximate surface area is 148 Å². The molecule has 0 aliphatic carbocycles. The van der Waals surface area contributed by atoms with E-state index >= 15 is 0 Å². The van der Waals surface area contributed by atoms with Crippen LogP contribution in [0.15, 0.2) is 12.2 Å². The van der Waals surface area contributed by atoms with Crippen molar-refractivity contribution in [2.24, 2.45) is 0 Å². The summed E-state index contributed by atoms with van der Waals surface area (Å²) in [4.78, 5) is 34.3. The third kappa shape index (κ3) is 18.1. The van der Waals surface area contributed by atoms with Gasteiger partial charge < -0.3 is 29.5 Å². The Morgan fingerprint density at radius 2 is 1.52 bits per heavy atom. The lowest BCUT2D eigenvalue weighted by Crippen LogP contribution is -2.35. The standard InChI is InChI=1S/C9H15NO3.C7H15NO4/c1-10(2)8(11)6-4-3-5-7-9(12)13;1-11-5-3-8(7(9)10)4-6-12-2/h4,6H,3,5,7H2,1-2H3,(H,12,13);3-6H2,1-2H3,(H,9,10)/b6-4+;. The number of ether oxygens (including phenoxy) is 2. The molecule has 0 aromatic carbocycles. The highest BCUT2D eigenvalue weighted by Crippen LogP contribution is 1.96. The van der Waals surface area contributed by atoms with Gasteiger partial charge >= 0.3 is 12.1 Å². The molecule has 0 heterocycles. The molecule has 0 aliphatic rings. The van der Waals surface area contributed by atoms with Crippen molar-refractivity contribution < 1.29 is 34.1 Å². The molecule has 0 spiro atoms. The van der Waals surface area contributed by atoms with Gasteiger partial charge in [0, 0.05) is 47.8 Å². The summed E-state index contributed by atoms with van der Waals surface area (Å²) >= 11 is 0. The third-order valence-corrected chi connectivity index (χ3v) is 2.86. The van der Waals surface area contributed by atoms with Crippen molar-refractivity contribution in [1.29, 1.82) is 0 Å². The fraction of sp³-hybridized carbons (Fsp3) is 0.688. The smallest absolute Gasteiger partial charge is 0.407 e. The van der Waals surface area contributed by atoms with E-state index in [0.29, 0.717) is 39.1 Å². The molecule has 0 radical (unpaired) electrons. The molecule has 0 atom stereocenters. The van der Waals surface area contributed by atoms with Gasteiger partial charge in [-0.3, -0.25) is 9.59 Å². The Bertz CT molecular complexity index is 403. The molecule has 0 aromatic heterocycles. The average Bonchev–Trinajstić information content (AvgIpc) is 2.54. The highest BCUT2D eigenvalue weighted by atomic mass is 16.5. The highest BCUT2D eigenvalue weighted by Gasteiger charge is 2.09. The minimum atomic E-state index is -0.941. The first kappa shape index (κ1) is 25.1. The third-order valence-electron chi connectivity index (χ3n) is 2.86. The zero-order valence-electron chi connectivity index (χ0n) is 15.4. The summed E-state index contributed by atoms with van der Waals surface area (Å²) in [6.07, 6.45) is 3.58. The van der Waals surface area contributed by atoms with Gasteiger partial charge in [-0.25, -0.2) is 4.79 Å². The molecule has 25 heavy (non-hydrogen) atoms. The van der Waals surface area contributed by atoms with Crippen LogP contribution in [0.2, 0.25) is 0 Å². The highest BCUT2D eigenvalue weighted by molar-refractivity contribution is 5.87. The van der Waals surface area contributed by atoms with Crippen LogP contribution in [0.5, 0.6) is 0 Å². The molecular formula is C16H30N2O7. The number of aliphatic carboxylic acids is 1. The SMILES string of the molecule is CN(C)C(=O)/C=C/CCCC(=O)O.COCCN(CCOC)C(=O)O. The average molecular weight is 362 g/mol. The molecular weight excluding hydrogens is 332 g/mol. The summed E-state index contributed by atoms with van der Waals surface area (Å²) in [5, 5.41) is 17.0. The molecule has 2 N–H and O–H groups in total. The lowest BCUT2D eigenvalue weighted by atomic mass is 10.2. The first-order chi connectivity index (χ1) is 11.8. The molecule has 0 unspecified atom stereocenters. The van der Waals surface area contributed by atoms with Crippen LogP contribution >= 0.6 is 0 Å². The zero-order valence-corrected chi connectivity index (χ0v) is 15.4. The molecule has 0 bridgehead atoms. The van der Waals surface area contributed by atoms with E-state index in [1.807, 2.05) is 0 Å². The van der Waals surface area contributed by atoms with E-state index in [-0.39, 0.29) is 12.3 Å². The summed E-state index contributed by atoms with van der Waals surface area (Å²) in [6.45, 7) is 1.59. The van der Waals surface area contributed by atoms with Crippen LogP contribution in [0.1, 0.15) is 19.3 Å². The number of hydrogen-bond donors (Lipinski definition) is 2. The van der Waals surface area contributed by atoms with Gasteiger partial charge in [0.1, 0.15) is 0 Å². The van der Waals surface area contributed by atoms with Crippen molar-refractivity contribution in [3.63, 3.8) is 0 Å². The summed E-state index contributed by atoms with van der Waals surface area (Å²) < 4.78 is 9.51. The van der Waals surface area contributed by atoms with E-state index in [1.54, 1.807) is 20.2 Å². The van der Waals surface area contributed by atoms with Gasteiger partial charge in [0.15, 0.2) is 0 Å². The number of carbonyl (C=O) groups is 3. The van der Waals surface area contributed by atoms with Gasteiger partial charge in [-0.15, -0.1) is 0 Å². The van der Waals surface area contributed by atoms with E-state index in [9.17, 15) is 14.4 Å². The summed E-state index contributed by atoms with van der Waals surface area (Å²) in [7, 11) is 6.42. The maximum absolute atomic E-state index is 11.0. The normalized spacial score (nSPS) is 10.1. The Balaban J connectivity index is 0. The summed E-state index contributed by atoms with van der Waals surface area (Å²) in [5.41, 5.74) is 0. The van der Waals surface area contributed by atoms with Crippen LogP contribution < -0.4 is 0 Å². The number of likely N-dealkylation sites (N-methyl/N-ethyl adjacent to an activating group) is 1. The van der Waals surface area contributed by atoms with Crippen molar-refractivity contribution in [3.8, 4) is 0 Å². The van der Waals surface area contributed by atoms with Gasteiger partial charge in [-0.2, -0.15) is 0 Å². The van der Waals surface area contributed by atoms with Crippen LogP contribution in [0, 0.1) is 0 Å². The number of amides is 2. The molecule has 0 aliphatic heterocycles. The minimum Gasteiger partial charge on any atom is -0.481 e. The summed E-state index contributed by atoms with van der Waals surface area (Å²) in [5.74, 6) is -0.873. The zero-order chi connectivity index (χ0) is 19.7. The first-order valence-electron chi connectivity index (χ1n) is 7.81. The van der Waals surface area contributed by atoms with E-state index in [4.69, 9.17) is 19.7 Å². The lowest BCUT2D eigenvalue weighted by Gasteiger charge is -2.17. The Kier molecular flexibility index (Phi) is 16.8. The largest absolute Gasteiger partial charge is 0.481 e. The first-order valence-corrected chi connectivity index (χ1v) is 7.81. The second kappa shape index (κ2) is 16.7. The van der Waals surface area contributed by atoms with Crippen molar-refractivity contribution in [2.45, 2.75) is 19.3 Å². The van der Waals surface area contributed by atoms with E-state index in [2.05, 4.69) is 0 Å². The second-order valence-corrected chi connectivity index (χ2v) is 5.18. The van der Waals surface area contributed by atoms with Crippen molar-refractivity contribution in [1.82, 2.24) is 9.80 Å². The van der Waals surface area contributed by atoms with Crippen LogP contribution in [0.3, 0.4) is 0 Å². The van der Waals surface area contributed by atoms with Crippen LogP contribution in [0.4, 0.5) is 4.79 Å². The van der Waals surface area contributed by atoms with Gasteiger partial charge in [-0.1, -0.05) is 6.08 Å². The van der Waals surface area contributed by atoms with Gasteiger partial charge in [-0.05, 0) is 18.9 Å². The second-order valence-electron chi connectivity index (χ2n) is 5.18.